The normalized spacial score (nSPS) is 11.7. The molecule has 1 rings (SSSR count). The molecule has 0 radical (unpaired) electrons. The van der Waals surface area contributed by atoms with Gasteiger partial charge in [-0.25, -0.2) is 9.80 Å². The van der Waals surface area contributed by atoms with Gasteiger partial charge >= 0.3 is 6.09 Å². The molecule has 0 saturated heterocycles. The second kappa shape index (κ2) is 5.54. The molecule has 0 fully saturated rings. The topological polar surface area (TPSA) is 69.6 Å². The summed E-state index contributed by atoms with van der Waals surface area (Å²) in [6.07, 6.45) is -1.22. The Bertz CT molecular complexity index is 419. The molecule has 1 aromatic rings. The highest BCUT2D eigenvalue weighted by atomic mass is 35.5. The van der Waals surface area contributed by atoms with Gasteiger partial charge in [-0.3, -0.25) is 10.2 Å². The number of benzene rings is 1. The highest BCUT2D eigenvalue weighted by Crippen LogP contribution is 2.20. The predicted octanol–water partition coefficient (Wildman–Crippen LogP) is 2.43. The van der Waals surface area contributed by atoms with E-state index in [9.17, 15) is 9.59 Å². The van der Waals surface area contributed by atoms with Crippen LogP contribution in [0.25, 0.3) is 0 Å². The van der Waals surface area contributed by atoms with Crippen molar-refractivity contribution in [2.24, 2.45) is 0 Å². The van der Waals surface area contributed by atoms with E-state index in [-0.39, 0.29) is 0 Å². The predicted molar refractivity (Wildman–Crippen MR) is 63.5 cm³/mol. The minimum Gasteiger partial charge on any atom is -0.464 e. The van der Waals surface area contributed by atoms with Crippen LogP contribution < -0.4 is 5.43 Å². The van der Waals surface area contributed by atoms with E-state index in [4.69, 9.17) is 16.7 Å². The molecule has 5 nitrogen and oxygen atoms in total. The van der Waals surface area contributed by atoms with Crippen LogP contribution in [0.15, 0.2) is 24.3 Å². The molecule has 0 aliphatic rings. The molecule has 6 heteroatoms. The second-order valence-electron chi connectivity index (χ2n) is 3.55. The first-order chi connectivity index (χ1) is 7.91. The third-order valence-electron chi connectivity index (χ3n) is 2.22. The lowest BCUT2D eigenvalue weighted by Crippen LogP contribution is -2.45. The van der Waals surface area contributed by atoms with Gasteiger partial charge in [0.05, 0.1) is 6.04 Å². The van der Waals surface area contributed by atoms with Gasteiger partial charge in [-0.15, -0.1) is 0 Å². The van der Waals surface area contributed by atoms with Crippen LogP contribution in [0.1, 0.15) is 25.5 Å². The standard InChI is InChI=1S/C11H13ClN2O3/c1-7(9-3-5-10(12)6-4-9)14(11(16)17)13-8(2)15/h3-7H,1-2H3,(H,13,15)(H,16,17). The van der Waals surface area contributed by atoms with E-state index in [1.54, 1.807) is 31.2 Å². The molecular weight excluding hydrogens is 244 g/mol. The average Bonchev–Trinajstić information content (AvgIpc) is 2.25. The summed E-state index contributed by atoms with van der Waals surface area (Å²) >= 11 is 5.74. The van der Waals surface area contributed by atoms with E-state index >= 15 is 0 Å². The van der Waals surface area contributed by atoms with E-state index in [0.717, 1.165) is 10.6 Å². The Morgan fingerprint density at radius 1 is 1.35 bits per heavy atom. The number of carbonyl (C=O) groups is 2. The third kappa shape index (κ3) is 3.64. The lowest BCUT2D eigenvalue weighted by atomic mass is 10.1. The minimum absolute atomic E-state index is 0.437. The van der Waals surface area contributed by atoms with Crippen LogP contribution in [0.3, 0.4) is 0 Å². The van der Waals surface area contributed by atoms with Gasteiger partial charge in [0.1, 0.15) is 0 Å². The Balaban J connectivity index is 2.91. The summed E-state index contributed by atoms with van der Waals surface area (Å²) in [5, 5.41) is 10.4. The van der Waals surface area contributed by atoms with Gasteiger partial charge in [-0.2, -0.15) is 0 Å². The molecule has 0 aliphatic carbocycles. The summed E-state index contributed by atoms with van der Waals surface area (Å²) in [7, 11) is 0. The first-order valence-corrected chi connectivity index (χ1v) is 5.34. The highest BCUT2D eigenvalue weighted by Gasteiger charge is 2.21. The molecule has 1 atom stereocenters. The Morgan fingerprint density at radius 3 is 2.29 bits per heavy atom. The van der Waals surface area contributed by atoms with Crippen molar-refractivity contribution in [3.63, 3.8) is 0 Å². The molecule has 0 spiro atoms. The maximum absolute atomic E-state index is 11.0. The van der Waals surface area contributed by atoms with E-state index < -0.39 is 18.0 Å². The molecule has 0 bridgehead atoms. The smallest absolute Gasteiger partial charge is 0.426 e. The fourth-order valence-electron chi connectivity index (χ4n) is 1.37. The lowest BCUT2D eigenvalue weighted by Gasteiger charge is -2.26. The van der Waals surface area contributed by atoms with Crippen LogP contribution in [0.2, 0.25) is 5.02 Å². The number of nitrogens with zero attached hydrogens (tertiary/aromatic N) is 1. The third-order valence-corrected chi connectivity index (χ3v) is 2.48. The molecular formula is C11H13ClN2O3. The number of hydrogen-bond donors (Lipinski definition) is 2. The van der Waals surface area contributed by atoms with Gasteiger partial charge in [0.25, 0.3) is 0 Å². The van der Waals surface area contributed by atoms with Crippen LogP contribution in [0.4, 0.5) is 4.79 Å². The monoisotopic (exact) mass is 256 g/mol. The van der Waals surface area contributed by atoms with Gasteiger partial charge < -0.3 is 5.11 Å². The maximum atomic E-state index is 11.0. The zero-order valence-electron chi connectivity index (χ0n) is 9.48. The summed E-state index contributed by atoms with van der Waals surface area (Å²) in [5.41, 5.74) is 3.00. The van der Waals surface area contributed by atoms with Gasteiger partial charge in [-0.05, 0) is 24.6 Å². The van der Waals surface area contributed by atoms with Gasteiger partial charge in [0.2, 0.25) is 5.91 Å². The first-order valence-electron chi connectivity index (χ1n) is 4.96. The molecule has 2 N–H and O–H groups in total. The zero-order chi connectivity index (χ0) is 13.0. The van der Waals surface area contributed by atoms with Crippen molar-refractivity contribution in [3.05, 3.63) is 34.9 Å². The zero-order valence-corrected chi connectivity index (χ0v) is 10.2. The molecule has 92 valence electrons. The summed E-state index contributed by atoms with van der Waals surface area (Å²) in [6.45, 7) is 2.93. The summed E-state index contributed by atoms with van der Waals surface area (Å²) in [6, 6.07) is 6.27. The number of hydrogen-bond acceptors (Lipinski definition) is 2. The Labute approximate surface area is 104 Å². The fourth-order valence-corrected chi connectivity index (χ4v) is 1.50. The number of amides is 2. The summed E-state index contributed by atoms with van der Waals surface area (Å²) in [5.74, 6) is -0.437. The van der Waals surface area contributed by atoms with Crippen LogP contribution in [0, 0.1) is 0 Å². The number of nitrogens with one attached hydrogen (secondary N) is 1. The molecule has 0 aliphatic heterocycles. The largest absolute Gasteiger partial charge is 0.464 e. The van der Waals surface area contributed by atoms with Crippen molar-refractivity contribution in [1.29, 1.82) is 0 Å². The number of carboxylic acid groups (broad SMARTS) is 1. The molecule has 0 saturated carbocycles. The van der Waals surface area contributed by atoms with E-state index in [0.29, 0.717) is 5.02 Å². The fraction of sp³-hybridized carbons (Fsp3) is 0.273. The number of halogens is 1. The number of carbonyl (C=O) groups excluding carboxylic acids is 1. The number of rotatable bonds is 2. The van der Waals surface area contributed by atoms with Crippen molar-refractivity contribution >= 4 is 23.6 Å². The van der Waals surface area contributed by atoms with E-state index in [1.165, 1.54) is 6.92 Å². The Kier molecular flexibility index (Phi) is 4.34. The van der Waals surface area contributed by atoms with Gasteiger partial charge in [-0.1, -0.05) is 23.7 Å². The first kappa shape index (κ1) is 13.3. The maximum Gasteiger partial charge on any atom is 0.426 e. The summed E-state index contributed by atoms with van der Waals surface area (Å²) < 4.78 is 0. The van der Waals surface area contributed by atoms with Crippen molar-refractivity contribution in [3.8, 4) is 0 Å². The van der Waals surface area contributed by atoms with Crippen LogP contribution >= 0.6 is 11.6 Å². The molecule has 2 amide bonds. The molecule has 0 aromatic heterocycles. The molecule has 1 unspecified atom stereocenters. The molecule has 0 heterocycles. The number of hydrazine groups is 1. The van der Waals surface area contributed by atoms with Crippen molar-refractivity contribution in [2.75, 3.05) is 0 Å². The van der Waals surface area contributed by atoms with Crippen molar-refractivity contribution < 1.29 is 14.7 Å². The lowest BCUT2D eigenvalue weighted by molar-refractivity contribution is -0.123. The van der Waals surface area contributed by atoms with E-state index in [2.05, 4.69) is 5.43 Å². The second-order valence-corrected chi connectivity index (χ2v) is 3.98. The van der Waals surface area contributed by atoms with Gasteiger partial charge in [0.15, 0.2) is 0 Å². The van der Waals surface area contributed by atoms with Gasteiger partial charge in [0, 0.05) is 11.9 Å². The van der Waals surface area contributed by atoms with Crippen LogP contribution in [-0.4, -0.2) is 22.1 Å². The van der Waals surface area contributed by atoms with Crippen LogP contribution in [-0.2, 0) is 4.79 Å². The van der Waals surface area contributed by atoms with Crippen molar-refractivity contribution in [1.82, 2.24) is 10.4 Å². The highest BCUT2D eigenvalue weighted by molar-refractivity contribution is 6.30. The Morgan fingerprint density at radius 2 is 1.88 bits per heavy atom. The van der Waals surface area contributed by atoms with Crippen LogP contribution in [0.5, 0.6) is 0 Å². The average molecular weight is 257 g/mol. The van der Waals surface area contributed by atoms with E-state index in [1.807, 2.05) is 0 Å². The summed E-state index contributed by atoms with van der Waals surface area (Å²) in [4.78, 5) is 21.9. The minimum atomic E-state index is -1.22. The Hall–Kier alpha value is -1.75. The molecule has 17 heavy (non-hydrogen) atoms. The molecule has 1 aromatic carbocycles. The quantitative estimate of drug-likeness (QED) is 0.799. The SMILES string of the molecule is CC(=O)NN(C(=O)O)C(C)c1ccc(Cl)cc1. The van der Waals surface area contributed by atoms with Crippen molar-refractivity contribution in [2.45, 2.75) is 19.9 Å².